The first kappa shape index (κ1) is 13.6. The lowest BCUT2D eigenvalue weighted by atomic mass is 10.1. The van der Waals surface area contributed by atoms with Crippen molar-refractivity contribution in [1.29, 1.82) is 0 Å². The van der Waals surface area contributed by atoms with Crippen molar-refractivity contribution in [3.8, 4) is 0 Å². The van der Waals surface area contributed by atoms with E-state index in [1.807, 2.05) is 20.9 Å². The van der Waals surface area contributed by atoms with E-state index in [0.29, 0.717) is 17.1 Å². The molecule has 6 heteroatoms. The standard InChI is InChI=1S/C11H18N4OS/c1-7(10(12)17)6-14(3)11(16)9-5-13-15(4)8(9)2/h5,7H,6H2,1-4H3,(H2,12,17). The lowest BCUT2D eigenvalue weighted by Crippen LogP contribution is -2.35. The number of carbonyl (C=O) groups excluding carboxylic acids is 1. The third-order valence-corrected chi connectivity index (χ3v) is 3.25. The van der Waals surface area contributed by atoms with Gasteiger partial charge in [-0.15, -0.1) is 0 Å². The number of aryl methyl sites for hydroxylation is 1. The quantitative estimate of drug-likeness (QED) is 0.804. The number of carbonyl (C=O) groups is 1. The maximum Gasteiger partial charge on any atom is 0.257 e. The third-order valence-electron chi connectivity index (χ3n) is 2.85. The minimum Gasteiger partial charge on any atom is -0.393 e. The van der Waals surface area contributed by atoms with Gasteiger partial charge in [-0.25, -0.2) is 0 Å². The van der Waals surface area contributed by atoms with Crippen LogP contribution in [-0.2, 0) is 7.05 Å². The van der Waals surface area contributed by atoms with Gasteiger partial charge in [-0.3, -0.25) is 9.48 Å². The van der Waals surface area contributed by atoms with E-state index >= 15 is 0 Å². The largest absolute Gasteiger partial charge is 0.393 e. The minimum atomic E-state index is -0.0568. The molecular formula is C11H18N4OS. The molecule has 1 rings (SSSR count). The van der Waals surface area contributed by atoms with E-state index in [0.717, 1.165) is 5.69 Å². The summed E-state index contributed by atoms with van der Waals surface area (Å²) in [5.74, 6) is -0.0466. The molecule has 0 aliphatic carbocycles. The average molecular weight is 254 g/mol. The zero-order valence-electron chi connectivity index (χ0n) is 10.6. The van der Waals surface area contributed by atoms with E-state index in [4.69, 9.17) is 18.0 Å². The number of nitrogens with zero attached hydrogens (tertiary/aromatic N) is 3. The molecule has 1 unspecified atom stereocenters. The molecule has 0 spiro atoms. The van der Waals surface area contributed by atoms with Crippen molar-refractivity contribution in [1.82, 2.24) is 14.7 Å². The van der Waals surface area contributed by atoms with Crippen LogP contribution < -0.4 is 5.73 Å². The Bertz CT molecular complexity index is 441. The fourth-order valence-electron chi connectivity index (χ4n) is 1.50. The molecule has 1 heterocycles. The first-order valence-electron chi connectivity index (χ1n) is 5.38. The van der Waals surface area contributed by atoms with Gasteiger partial charge in [0.2, 0.25) is 0 Å². The predicted molar refractivity (Wildman–Crippen MR) is 70.9 cm³/mol. The van der Waals surface area contributed by atoms with Gasteiger partial charge in [-0.1, -0.05) is 19.1 Å². The number of aromatic nitrogens is 2. The Morgan fingerprint density at radius 1 is 1.71 bits per heavy atom. The Kier molecular flexibility index (Phi) is 4.22. The fraction of sp³-hybridized carbons (Fsp3) is 0.545. The molecule has 1 aromatic rings. The summed E-state index contributed by atoms with van der Waals surface area (Å²) in [6.45, 7) is 4.29. The second-order valence-corrected chi connectivity index (χ2v) is 4.73. The van der Waals surface area contributed by atoms with Crippen LogP contribution in [0.5, 0.6) is 0 Å². The molecule has 0 aliphatic rings. The Labute approximate surface area is 107 Å². The molecule has 17 heavy (non-hydrogen) atoms. The van der Waals surface area contributed by atoms with Crippen LogP contribution in [-0.4, -0.2) is 39.2 Å². The lowest BCUT2D eigenvalue weighted by Gasteiger charge is -2.20. The number of hydrogen-bond donors (Lipinski definition) is 1. The summed E-state index contributed by atoms with van der Waals surface area (Å²) in [7, 11) is 3.55. The highest BCUT2D eigenvalue weighted by Crippen LogP contribution is 2.10. The Balaban J connectivity index is 2.77. The van der Waals surface area contributed by atoms with Crippen LogP contribution in [0.3, 0.4) is 0 Å². The van der Waals surface area contributed by atoms with Crippen molar-refractivity contribution >= 4 is 23.1 Å². The highest BCUT2D eigenvalue weighted by molar-refractivity contribution is 7.80. The molecule has 0 saturated carbocycles. The number of thiocarbonyl (C=S) groups is 1. The summed E-state index contributed by atoms with van der Waals surface area (Å²) in [6, 6.07) is 0. The fourth-order valence-corrected chi connectivity index (χ4v) is 1.57. The third kappa shape index (κ3) is 3.03. The summed E-state index contributed by atoms with van der Waals surface area (Å²) >= 11 is 4.89. The lowest BCUT2D eigenvalue weighted by molar-refractivity contribution is 0.0786. The maximum absolute atomic E-state index is 12.1. The van der Waals surface area contributed by atoms with Crippen molar-refractivity contribution in [3.05, 3.63) is 17.5 Å². The molecule has 1 aromatic heterocycles. The zero-order chi connectivity index (χ0) is 13.2. The van der Waals surface area contributed by atoms with Gasteiger partial charge < -0.3 is 10.6 Å². The van der Waals surface area contributed by atoms with Crippen LogP contribution in [0.4, 0.5) is 0 Å². The van der Waals surface area contributed by atoms with Crippen LogP contribution >= 0.6 is 12.2 Å². The predicted octanol–water partition coefficient (Wildman–Crippen LogP) is 0.723. The van der Waals surface area contributed by atoms with Crippen LogP contribution in [0.2, 0.25) is 0 Å². The number of nitrogens with two attached hydrogens (primary N) is 1. The van der Waals surface area contributed by atoms with Crippen molar-refractivity contribution < 1.29 is 4.79 Å². The second-order valence-electron chi connectivity index (χ2n) is 4.26. The molecule has 94 valence electrons. The Morgan fingerprint density at radius 2 is 2.29 bits per heavy atom. The topological polar surface area (TPSA) is 64.2 Å². The number of hydrogen-bond acceptors (Lipinski definition) is 3. The number of rotatable bonds is 4. The van der Waals surface area contributed by atoms with Crippen LogP contribution in [0.1, 0.15) is 23.0 Å². The summed E-state index contributed by atoms with van der Waals surface area (Å²) in [4.78, 5) is 14.2. The summed E-state index contributed by atoms with van der Waals surface area (Å²) in [6.07, 6.45) is 1.58. The van der Waals surface area contributed by atoms with Gasteiger partial charge in [0.25, 0.3) is 5.91 Å². The van der Waals surface area contributed by atoms with Gasteiger partial charge in [-0.05, 0) is 6.92 Å². The molecule has 0 saturated heterocycles. The smallest absolute Gasteiger partial charge is 0.257 e. The molecule has 0 radical (unpaired) electrons. The van der Waals surface area contributed by atoms with E-state index in [9.17, 15) is 4.79 Å². The molecular weight excluding hydrogens is 236 g/mol. The van der Waals surface area contributed by atoms with Crippen molar-refractivity contribution in [3.63, 3.8) is 0 Å². The van der Waals surface area contributed by atoms with Crippen molar-refractivity contribution in [2.75, 3.05) is 13.6 Å². The second kappa shape index (κ2) is 5.27. The molecule has 1 amide bonds. The highest BCUT2D eigenvalue weighted by Gasteiger charge is 2.19. The Hall–Kier alpha value is -1.43. The summed E-state index contributed by atoms with van der Waals surface area (Å²) in [5.41, 5.74) is 7.00. The number of amides is 1. The molecule has 0 aromatic carbocycles. The molecule has 0 fully saturated rings. The van der Waals surface area contributed by atoms with Crippen LogP contribution in [0.15, 0.2) is 6.20 Å². The SMILES string of the molecule is Cc1c(C(=O)N(C)CC(C)C(N)=S)cnn1C. The van der Waals surface area contributed by atoms with Crippen LogP contribution in [0, 0.1) is 12.8 Å². The average Bonchev–Trinajstić information content (AvgIpc) is 2.58. The zero-order valence-corrected chi connectivity index (χ0v) is 11.4. The van der Waals surface area contributed by atoms with Gasteiger partial charge in [0.05, 0.1) is 16.7 Å². The van der Waals surface area contributed by atoms with E-state index in [2.05, 4.69) is 5.10 Å². The summed E-state index contributed by atoms with van der Waals surface area (Å²) < 4.78 is 1.68. The van der Waals surface area contributed by atoms with Gasteiger partial charge >= 0.3 is 0 Å². The van der Waals surface area contributed by atoms with E-state index in [1.165, 1.54) is 0 Å². The molecule has 5 nitrogen and oxygen atoms in total. The van der Waals surface area contributed by atoms with Crippen molar-refractivity contribution in [2.24, 2.45) is 18.7 Å². The first-order chi connectivity index (χ1) is 7.84. The Morgan fingerprint density at radius 3 is 2.71 bits per heavy atom. The van der Waals surface area contributed by atoms with E-state index in [-0.39, 0.29) is 11.8 Å². The molecule has 0 aliphatic heterocycles. The van der Waals surface area contributed by atoms with Crippen molar-refractivity contribution in [2.45, 2.75) is 13.8 Å². The van der Waals surface area contributed by atoms with Gasteiger partial charge in [0, 0.05) is 32.3 Å². The van der Waals surface area contributed by atoms with E-state index < -0.39 is 0 Å². The molecule has 1 atom stereocenters. The minimum absolute atomic E-state index is 0.0101. The van der Waals surface area contributed by atoms with Gasteiger partial charge in [0.1, 0.15) is 0 Å². The van der Waals surface area contributed by atoms with Gasteiger partial charge in [0.15, 0.2) is 0 Å². The first-order valence-corrected chi connectivity index (χ1v) is 5.78. The maximum atomic E-state index is 12.1. The summed E-state index contributed by atoms with van der Waals surface area (Å²) in [5, 5.41) is 4.05. The molecule has 0 bridgehead atoms. The molecule has 2 N–H and O–H groups in total. The highest BCUT2D eigenvalue weighted by atomic mass is 32.1. The normalized spacial score (nSPS) is 12.2. The monoisotopic (exact) mass is 254 g/mol. The van der Waals surface area contributed by atoms with E-state index in [1.54, 1.807) is 22.8 Å². The van der Waals surface area contributed by atoms with Gasteiger partial charge in [-0.2, -0.15) is 5.10 Å². The van der Waals surface area contributed by atoms with Crippen LogP contribution in [0.25, 0.3) is 0 Å².